The molecule has 1 heterocycles. The van der Waals surface area contributed by atoms with E-state index in [0.29, 0.717) is 12.3 Å². The van der Waals surface area contributed by atoms with Gasteiger partial charge in [-0.15, -0.1) is 0 Å². The molecule has 1 aliphatic heterocycles. The van der Waals surface area contributed by atoms with Gasteiger partial charge >= 0.3 is 0 Å². The van der Waals surface area contributed by atoms with Crippen molar-refractivity contribution in [3.8, 4) is 5.75 Å². The summed E-state index contributed by atoms with van der Waals surface area (Å²) in [5, 5.41) is 0. The number of aryl methyl sites for hydroxylation is 1. The molecule has 0 radical (unpaired) electrons. The van der Waals surface area contributed by atoms with Gasteiger partial charge in [-0.25, -0.2) is 0 Å². The van der Waals surface area contributed by atoms with Gasteiger partial charge in [0.15, 0.2) is 0 Å². The predicted molar refractivity (Wildman–Crippen MR) is 60.1 cm³/mol. The second kappa shape index (κ2) is 4.53. The fourth-order valence-electron chi connectivity index (χ4n) is 1.73. The van der Waals surface area contributed by atoms with Crippen molar-refractivity contribution >= 4 is 5.69 Å². The molecule has 0 bridgehead atoms. The molecule has 0 unspecified atom stereocenters. The Kier molecular flexibility index (Phi) is 3.11. The summed E-state index contributed by atoms with van der Waals surface area (Å²) >= 11 is 0. The van der Waals surface area contributed by atoms with Gasteiger partial charge in [-0.1, -0.05) is 6.07 Å². The molecule has 1 aromatic carbocycles. The average molecular weight is 207 g/mol. The Hall–Kier alpha value is -1.22. The predicted octanol–water partition coefficient (Wildman–Crippen LogP) is 2.14. The summed E-state index contributed by atoms with van der Waals surface area (Å²) in [5.41, 5.74) is 7.66. The van der Waals surface area contributed by atoms with Crippen LogP contribution in [0.25, 0.3) is 0 Å². The van der Waals surface area contributed by atoms with E-state index in [1.54, 1.807) is 0 Å². The molecule has 0 spiro atoms. The van der Waals surface area contributed by atoms with E-state index in [2.05, 4.69) is 0 Å². The van der Waals surface area contributed by atoms with Gasteiger partial charge in [0.1, 0.15) is 12.4 Å². The highest BCUT2D eigenvalue weighted by atomic mass is 16.5. The standard InChI is InChI=1S/C12H17NO2/c1-9-4-5-11(13)12(7-9)15-8-10-3-2-6-14-10/h4-5,7,10H,2-3,6,8,13H2,1H3/t10-/m1/s1. The highest BCUT2D eigenvalue weighted by Crippen LogP contribution is 2.23. The number of ether oxygens (including phenoxy) is 2. The first-order valence-corrected chi connectivity index (χ1v) is 5.36. The number of benzene rings is 1. The lowest BCUT2D eigenvalue weighted by atomic mass is 10.2. The molecule has 3 nitrogen and oxygen atoms in total. The SMILES string of the molecule is Cc1ccc(N)c(OC[C@H]2CCCO2)c1. The lowest BCUT2D eigenvalue weighted by Gasteiger charge is -2.13. The molecule has 2 N–H and O–H groups in total. The maximum atomic E-state index is 5.81. The molecule has 3 heteroatoms. The fraction of sp³-hybridized carbons (Fsp3) is 0.500. The van der Waals surface area contributed by atoms with Crippen molar-refractivity contribution in [2.75, 3.05) is 18.9 Å². The van der Waals surface area contributed by atoms with E-state index in [0.717, 1.165) is 30.8 Å². The number of anilines is 1. The molecule has 1 aromatic rings. The molecule has 2 rings (SSSR count). The topological polar surface area (TPSA) is 44.5 Å². The van der Waals surface area contributed by atoms with Crippen molar-refractivity contribution in [3.05, 3.63) is 23.8 Å². The second-order valence-electron chi connectivity index (χ2n) is 3.99. The zero-order chi connectivity index (χ0) is 10.7. The minimum atomic E-state index is 0.241. The van der Waals surface area contributed by atoms with Gasteiger partial charge < -0.3 is 15.2 Å². The van der Waals surface area contributed by atoms with Gasteiger partial charge in [0.05, 0.1) is 11.8 Å². The number of hydrogen-bond acceptors (Lipinski definition) is 3. The Labute approximate surface area is 90.2 Å². The van der Waals surface area contributed by atoms with E-state index in [9.17, 15) is 0 Å². The summed E-state index contributed by atoms with van der Waals surface area (Å²) < 4.78 is 11.1. The molecular weight excluding hydrogens is 190 g/mol. The van der Waals surface area contributed by atoms with Crippen LogP contribution in [0, 0.1) is 6.92 Å². The van der Waals surface area contributed by atoms with E-state index < -0.39 is 0 Å². The van der Waals surface area contributed by atoms with E-state index in [1.807, 2.05) is 25.1 Å². The summed E-state index contributed by atoms with van der Waals surface area (Å²) in [7, 11) is 0. The molecule has 82 valence electrons. The first-order chi connectivity index (χ1) is 7.25. The summed E-state index contributed by atoms with van der Waals surface area (Å²) in [4.78, 5) is 0. The lowest BCUT2D eigenvalue weighted by Crippen LogP contribution is -2.16. The van der Waals surface area contributed by atoms with Crippen LogP contribution in [-0.4, -0.2) is 19.3 Å². The summed E-state index contributed by atoms with van der Waals surface area (Å²) in [6.45, 7) is 3.49. The summed E-state index contributed by atoms with van der Waals surface area (Å²) in [6, 6.07) is 5.82. The smallest absolute Gasteiger partial charge is 0.142 e. The van der Waals surface area contributed by atoms with Gasteiger partial charge in [-0.05, 0) is 37.5 Å². The molecule has 1 saturated heterocycles. The minimum Gasteiger partial charge on any atom is -0.489 e. The number of nitrogen functional groups attached to an aromatic ring is 1. The zero-order valence-electron chi connectivity index (χ0n) is 9.03. The quantitative estimate of drug-likeness (QED) is 0.772. The number of hydrogen-bond donors (Lipinski definition) is 1. The molecule has 1 fully saturated rings. The summed E-state index contributed by atoms with van der Waals surface area (Å²) in [5.74, 6) is 0.769. The second-order valence-corrected chi connectivity index (χ2v) is 3.99. The van der Waals surface area contributed by atoms with E-state index >= 15 is 0 Å². The van der Waals surface area contributed by atoms with E-state index in [4.69, 9.17) is 15.2 Å². The highest BCUT2D eigenvalue weighted by Gasteiger charge is 2.16. The fourth-order valence-corrected chi connectivity index (χ4v) is 1.73. The van der Waals surface area contributed by atoms with Gasteiger partial charge in [-0.3, -0.25) is 0 Å². The Balaban J connectivity index is 1.94. The molecule has 1 aliphatic rings. The van der Waals surface area contributed by atoms with Crippen LogP contribution in [0.4, 0.5) is 5.69 Å². The van der Waals surface area contributed by atoms with Crippen molar-refractivity contribution in [2.45, 2.75) is 25.9 Å². The van der Waals surface area contributed by atoms with Crippen molar-refractivity contribution in [1.82, 2.24) is 0 Å². The Morgan fingerprint density at radius 3 is 3.13 bits per heavy atom. The third kappa shape index (κ3) is 2.63. The van der Waals surface area contributed by atoms with E-state index in [-0.39, 0.29) is 6.10 Å². The van der Waals surface area contributed by atoms with Crippen LogP contribution >= 0.6 is 0 Å². The first-order valence-electron chi connectivity index (χ1n) is 5.36. The van der Waals surface area contributed by atoms with Crippen molar-refractivity contribution < 1.29 is 9.47 Å². The highest BCUT2D eigenvalue weighted by molar-refractivity contribution is 5.53. The third-order valence-electron chi connectivity index (χ3n) is 2.62. The van der Waals surface area contributed by atoms with Crippen LogP contribution in [0.5, 0.6) is 5.75 Å². The minimum absolute atomic E-state index is 0.241. The van der Waals surface area contributed by atoms with Crippen LogP contribution in [0.3, 0.4) is 0 Å². The van der Waals surface area contributed by atoms with Crippen molar-refractivity contribution in [2.24, 2.45) is 0 Å². The van der Waals surface area contributed by atoms with Crippen molar-refractivity contribution in [3.63, 3.8) is 0 Å². The molecule has 0 amide bonds. The maximum Gasteiger partial charge on any atom is 0.142 e. The number of nitrogens with two attached hydrogens (primary N) is 1. The Bertz CT molecular complexity index is 332. The molecule has 0 aliphatic carbocycles. The summed E-state index contributed by atoms with van der Waals surface area (Å²) in [6.07, 6.45) is 2.47. The lowest BCUT2D eigenvalue weighted by molar-refractivity contribution is 0.0682. The zero-order valence-corrected chi connectivity index (χ0v) is 9.03. The Morgan fingerprint density at radius 1 is 1.53 bits per heavy atom. The van der Waals surface area contributed by atoms with Crippen LogP contribution in [0.2, 0.25) is 0 Å². The van der Waals surface area contributed by atoms with Crippen molar-refractivity contribution in [1.29, 1.82) is 0 Å². The van der Waals surface area contributed by atoms with Crippen LogP contribution in [-0.2, 0) is 4.74 Å². The molecule has 0 saturated carbocycles. The monoisotopic (exact) mass is 207 g/mol. The molecule has 0 aromatic heterocycles. The van der Waals surface area contributed by atoms with Gasteiger partial charge in [0.2, 0.25) is 0 Å². The number of rotatable bonds is 3. The Morgan fingerprint density at radius 2 is 2.40 bits per heavy atom. The maximum absolute atomic E-state index is 5.81. The molecule has 15 heavy (non-hydrogen) atoms. The van der Waals surface area contributed by atoms with Crippen LogP contribution < -0.4 is 10.5 Å². The van der Waals surface area contributed by atoms with Gasteiger partial charge in [-0.2, -0.15) is 0 Å². The largest absolute Gasteiger partial charge is 0.489 e. The van der Waals surface area contributed by atoms with Crippen LogP contribution in [0.15, 0.2) is 18.2 Å². The average Bonchev–Trinajstić information content (AvgIpc) is 2.72. The molecule has 1 atom stereocenters. The molecular formula is C12H17NO2. The van der Waals surface area contributed by atoms with Crippen LogP contribution in [0.1, 0.15) is 18.4 Å². The third-order valence-corrected chi connectivity index (χ3v) is 2.62. The van der Waals surface area contributed by atoms with Gasteiger partial charge in [0, 0.05) is 6.61 Å². The van der Waals surface area contributed by atoms with E-state index in [1.165, 1.54) is 0 Å². The van der Waals surface area contributed by atoms with Gasteiger partial charge in [0.25, 0.3) is 0 Å². The normalized spacial score (nSPS) is 20.5. The first kappa shape index (κ1) is 10.3.